The third-order valence-electron chi connectivity index (χ3n) is 3.25. The SMILES string of the molecule is NC1CCCC1c1nc2ccc(Cl)cc2o1. The van der Waals surface area contributed by atoms with Crippen LogP contribution in [-0.4, -0.2) is 11.0 Å². The van der Waals surface area contributed by atoms with E-state index >= 15 is 0 Å². The van der Waals surface area contributed by atoms with E-state index in [1.165, 1.54) is 0 Å². The van der Waals surface area contributed by atoms with Gasteiger partial charge in [-0.05, 0) is 25.0 Å². The van der Waals surface area contributed by atoms with E-state index in [9.17, 15) is 0 Å². The third-order valence-corrected chi connectivity index (χ3v) is 3.49. The minimum atomic E-state index is 0.184. The van der Waals surface area contributed by atoms with Gasteiger partial charge in [-0.25, -0.2) is 4.98 Å². The Morgan fingerprint density at radius 2 is 2.25 bits per heavy atom. The van der Waals surface area contributed by atoms with Crippen LogP contribution in [0.3, 0.4) is 0 Å². The van der Waals surface area contributed by atoms with Crippen LogP contribution in [0.1, 0.15) is 31.1 Å². The molecule has 0 saturated heterocycles. The summed E-state index contributed by atoms with van der Waals surface area (Å²) in [6.07, 6.45) is 3.29. The second-order valence-corrected chi connectivity index (χ2v) is 4.80. The number of rotatable bonds is 1. The Labute approximate surface area is 98.6 Å². The van der Waals surface area contributed by atoms with Crippen molar-refractivity contribution in [1.29, 1.82) is 0 Å². The molecular weight excluding hydrogens is 224 g/mol. The Morgan fingerprint density at radius 3 is 3.00 bits per heavy atom. The number of oxazole rings is 1. The molecule has 2 atom stereocenters. The van der Waals surface area contributed by atoms with Gasteiger partial charge in [-0.15, -0.1) is 0 Å². The van der Waals surface area contributed by atoms with Crippen molar-refractivity contribution in [2.45, 2.75) is 31.2 Å². The van der Waals surface area contributed by atoms with Crippen LogP contribution in [0.2, 0.25) is 5.02 Å². The van der Waals surface area contributed by atoms with Crippen LogP contribution in [0, 0.1) is 0 Å². The predicted octanol–water partition coefficient (Wildman–Crippen LogP) is 3.08. The van der Waals surface area contributed by atoms with Crippen molar-refractivity contribution < 1.29 is 4.42 Å². The zero-order valence-corrected chi connectivity index (χ0v) is 9.57. The minimum Gasteiger partial charge on any atom is -0.440 e. The molecule has 84 valence electrons. The van der Waals surface area contributed by atoms with Gasteiger partial charge in [0.1, 0.15) is 5.52 Å². The van der Waals surface area contributed by atoms with Crippen molar-refractivity contribution in [1.82, 2.24) is 4.98 Å². The van der Waals surface area contributed by atoms with Crippen LogP contribution in [0.5, 0.6) is 0 Å². The molecule has 1 aromatic heterocycles. The molecule has 0 amide bonds. The molecule has 16 heavy (non-hydrogen) atoms. The van der Waals surface area contributed by atoms with Crippen LogP contribution >= 0.6 is 11.6 Å². The molecular formula is C12H13ClN2O. The first kappa shape index (κ1) is 10.1. The van der Waals surface area contributed by atoms with Crippen LogP contribution in [0.15, 0.2) is 22.6 Å². The molecule has 0 aliphatic heterocycles. The van der Waals surface area contributed by atoms with Gasteiger partial charge < -0.3 is 10.2 Å². The molecule has 2 unspecified atom stereocenters. The summed E-state index contributed by atoms with van der Waals surface area (Å²) in [4.78, 5) is 4.48. The number of nitrogens with two attached hydrogens (primary N) is 1. The fourth-order valence-electron chi connectivity index (χ4n) is 2.37. The Hall–Kier alpha value is -1.06. The van der Waals surface area contributed by atoms with Crippen LogP contribution in [-0.2, 0) is 0 Å². The molecule has 1 saturated carbocycles. The highest BCUT2D eigenvalue weighted by Crippen LogP contribution is 2.34. The van der Waals surface area contributed by atoms with E-state index in [1.807, 2.05) is 12.1 Å². The fourth-order valence-corrected chi connectivity index (χ4v) is 2.53. The highest BCUT2D eigenvalue weighted by Gasteiger charge is 2.29. The second kappa shape index (κ2) is 3.75. The van der Waals surface area contributed by atoms with Gasteiger partial charge in [-0.2, -0.15) is 0 Å². The minimum absolute atomic E-state index is 0.184. The van der Waals surface area contributed by atoms with Gasteiger partial charge in [0.2, 0.25) is 0 Å². The molecule has 4 heteroatoms. The summed E-state index contributed by atoms with van der Waals surface area (Å²) in [5.41, 5.74) is 7.65. The van der Waals surface area contributed by atoms with Gasteiger partial charge in [0.05, 0.1) is 5.92 Å². The van der Waals surface area contributed by atoms with Crippen LogP contribution < -0.4 is 5.73 Å². The third kappa shape index (κ3) is 1.60. The summed E-state index contributed by atoms with van der Waals surface area (Å²) in [5.74, 6) is 1.04. The Morgan fingerprint density at radius 1 is 1.38 bits per heavy atom. The molecule has 3 rings (SSSR count). The second-order valence-electron chi connectivity index (χ2n) is 4.37. The van der Waals surface area contributed by atoms with Crippen LogP contribution in [0.25, 0.3) is 11.1 Å². The van der Waals surface area contributed by atoms with Crippen LogP contribution in [0.4, 0.5) is 0 Å². The molecule has 0 radical (unpaired) electrons. The van der Waals surface area contributed by atoms with Crippen molar-refractivity contribution >= 4 is 22.7 Å². The van der Waals surface area contributed by atoms with E-state index in [2.05, 4.69) is 4.98 Å². The van der Waals surface area contributed by atoms with E-state index in [0.717, 1.165) is 36.3 Å². The first-order chi connectivity index (χ1) is 7.74. The summed E-state index contributed by atoms with van der Waals surface area (Å²) < 4.78 is 5.73. The summed E-state index contributed by atoms with van der Waals surface area (Å²) >= 11 is 5.90. The topological polar surface area (TPSA) is 52.0 Å². The van der Waals surface area contributed by atoms with Gasteiger partial charge >= 0.3 is 0 Å². The lowest BCUT2D eigenvalue weighted by molar-refractivity contribution is 0.449. The monoisotopic (exact) mass is 236 g/mol. The maximum Gasteiger partial charge on any atom is 0.200 e. The average Bonchev–Trinajstić information content (AvgIpc) is 2.82. The summed E-state index contributed by atoms with van der Waals surface area (Å²) in [6, 6.07) is 5.69. The van der Waals surface area contributed by atoms with Crippen molar-refractivity contribution in [2.75, 3.05) is 0 Å². The van der Waals surface area contributed by atoms with E-state index in [1.54, 1.807) is 6.07 Å². The standard InChI is InChI=1S/C12H13ClN2O/c13-7-4-5-10-11(6-7)16-12(15-10)8-2-1-3-9(8)14/h4-6,8-9H,1-3,14H2. The molecule has 1 aliphatic rings. The zero-order chi connectivity index (χ0) is 11.1. The summed E-state index contributed by atoms with van der Waals surface area (Å²) in [7, 11) is 0. The normalized spacial score (nSPS) is 25.4. The molecule has 3 nitrogen and oxygen atoms in total. The summed E-state index contributed by atoms with van der Waals surface area (Å²) in [6.45, 7) is 0. The molecule has 1 aliphatic carbocycles. The fraction of sp³-hybridized carbons (Fsp3) is 0.417. The van der Waals surface area contributed by atoms with E-state index in [0.29, 0.717) is 5.02 Å². The predicted molar refractivity (Wildman–Crippen MR) is 63.6 cm³/mol. The molecule has 1 heterocycles. The van der Waals surface area contributed by atoms with Gasteiger partial charge in [0.15, 0.2) is 11.5 Å². The Balaban J connectivity index is 2.04. The number of hydrogen-bond acceptors (Lipinski definition) is 3. The number of halogens is 1. The van der Waals surface area contributed by atoms with E-state index < -0.39 is 0 Å². The lowest BCUT2D eigenvalue weighted by Gasteiger charge is -2.09. The lowest BCUT2D eigenvalue weighted by atomic mass is 10.1. The first-order valence-electron chi connectivity index (χ1n) is 5.55. The molecule has 1 fully saturated rings. The largest absolute Gasteiger partial charge is 0.440 e. The first-order valence-corrected chi connectivity index (χ1v) is 5.93. The van der Waals surface area contributed by atoms with Gasteiger partial charge in [0, 0.05) is 17.1 Å². The number of nitrogens with zero attached hydrogens (tertiary/aromatic N) is 1. The highest BCUT2D eigenvalue weighted by molar-refractivity contribution is 6.31. The Bertz CT molecular complexity index is 523. The summed E-state index contributed by atoms with van der Waals surface area (Å²) in [5, 5.41) is 0.672. The quantitative estimate of drug-likeness (QED) is 0.828. The molecule has 0 bridgehead atoms. The van der Waals surface area contributed by atoms with Crippen molar-refractivity contribution in [3.63, 3.8) is 0 Å². The van der Waals surface area contributed by atoms with Gasteiger partial charge in [-0.1, -0.05) is 18.0 Å². The highest BCUT2D eigenvalue weighted by atomic mass is 35.5. The van der Waals surface area contributed by atoms with Crippen molar-refractivity contribution in [2.24, 2.45) is 5.73 Å². The van der Waals surface area contributed by atoms with Crippen molar-refractivity contribution in [3.05, 3.63) is 29.1 Å². The lowest BCUT2D eigenvalue weighted by Crippen LogP contribution is -2.22. The Kier molecular flexibility index (Phi) is 2.37. The number of fused-ring (bicyclic) bond motifs is 1. The number of aromatic nitrogens is 1. The number of benzene rings is 1. The smallest absolute Gasteiger partial charge is 0.200 e. The average molecular weight is 237 g/mol. The molecule has 2 aromatic rings. The number of hydrogen-bond donors (Lipinski definition) is 1. The molecule has 2 N–H and O–H groups in total. The van der Waals surface area contributed by atoms with E-state index in [-0.39, 0.29) is 12.0 Å². The van der Waals surface area contributed by atoms with Crippen molar-refractivity contribution in [3.8, 4) is 0 Å². The zero-order valence-electron chi connectivity index (χ0n) is 8.82. The van der Waals surface area contributed by atoms with Gasteiger partial charge in [-0.3, -0.25) is 0 Å². The molecule has 1 aromatic carbocycles. The van der Waals surface area contributed by atoms with Gasteiger partial charge in [0.25, 0.3) is 0 Å². The maximum atomic E-state index is 6.04. The maximum absolute atomic E-state index is 6.04. The molecule has 0 spiro atoms. The van der Waals surface area contributed by atoms with E-state index in [4.69, 9.17) is 21.8 Å².